The van der Waals surface area contributed by atoms with Gasteiger partial charge in [0.25, 0.3) is 0 Å². The molecule has 3 aromatic carbocycles. The highest BCUT2D eigenvalue weighted by molar-refractivity contribution is 5.99. The molecule has 4 N–H and O–H groups in total. The van der Waals surface area contributed by atoms with E-state index in [1.807, 2.05) is 24.3 Å². The van der Waals surface area contributed by atoms with Crippen LogP contribution < -0.4 is 20.7 Å². The Labute approximate surface area is 163 Å². The minimum Gasteiger partial charge on any atom is -0.508 e. The van der Waals surface area contributed by atoms with Gasteiger partial charge in [0.15, 0.2) is 5.75 Å². The zero-order chi connectivity index (χ0) is 19.3. The number of nitrogens with one attached hydrogen (secondary N) is 3. The number of hydrogen-bond acceptors (Lipinski definition) is 4. The first kappa shape index (κ1) is 17.7. The lowest BCUT2D eigenvalue weighted by atomic mass is 10.0. The number of phenolic OH excluding ortho intramolecular Hbond substituents is 1. The van der Waals surface area contributed by atoms with Crippen LogP contribution in [0.5, 0.6) is 17.2 Å². The van der Waals surface area contributed by atoms with Gasteiger partial charge in [0, 0.05) is 17.9 Å². The molecule has 6 nitrogen and oxygen atoms in total. The number of anilines is 3. The first-order chi connectivity index (χ1) is 13.7. The molecule has 0 unspecified atom stereocenters. The minimum absolute atomic E-state index is 0.149. The molecule has 142 valence electrons. The molecule has 0 atom stereocenters. The average Bonchev–Trinajstić information content (AvgIpc) is 2.71. The summed E-state index contributed by atoms with van der Waals surface area (Å²) in [6, 6.07) is 19.2. The Morgan fingerprint density at radius 2 is 1.61 bits per heavy atom. The van der Waals surface area contributed by atoms with E-state index in [2.05, 4.69) is 22.0 Å². The second-order valence-electron chi connectivity index (χ2n) is 6.57. The Hall–Kier alpha value is -3.67. The summed E-state index contributed by atoms with van der Waals surface area (Å²) in [5.74, 6) is 1.66. The number of fused-ring (bicyclic) bond motifs is 1. The molecular weight excluding hydrogens is 354 g/mol. The lowest BCUT2D eigenvalue weighted by molar-refractivity contribution is 0.262. The summed E-state index contributed by atoms with van der Waals surface area (Å²) >= 11 is 0. The lowest BCUT2D eigenvalue weighted by Gasteiger charge is -2.21. The molecule has 1 aliphatic rings. The minimum atomic E-state index is -0.360. The zero-order valence-corrected chi connectivity index (χ0v) is 15.2. The Balaban J connectivity index is 1.39. The monoisotopic (exact) mass is 375 g/mol. The van der Waals surface area contributed by atoms with Crippen LogP contribution in [0.15, 0.2) is 66.7 Å². The number of carbonyl (C=O) groups excluding carboxylic acids is 1. The topological polar surface area (TPSA) is 82.6 Å². The summed E-state index contributed by atoms with van der Waals surface area (Å²) in [5.41, 5.74) is 3.57. The number of rotatable bonds is 4. The molecule has 2 amide bonds. The highest BCUT2D eigenvalue weighted by Gasteiger charge is 2.13. The van der Waals surface area contributed by atoms with Gasteiger partial charge in [0.2, 0.25) is 0 Å². The van der Waals surface area contributed by atoms with Crippen molar-refractivity contribution in [3.05, 3.63) is 72.3 Å². The molecule has 0 fully saturated rings. The fourth-order valence-corrected chi connectivity index (χ4v) is 3.13. The quantitative estimate of drug-likeness (QED) is 0.473. The van der Waals surface area contributed by atoms with Crippen LogP contribution >= 0.6 is 0 Å². The molecular formula is C22H21N3O3. The normalized spacial score (nSPS) is 12.4. The van der Waals surface area contributed by atoms with Crippen molar-refractivity contribution >= 4 is 23.1 Å². The van der Waals surface area contributed by atoms with Crippen molar-refractivity contribution in [3.8, 4) is 17.2 Å². The molecule has 28 heavy (non-hydrogen) atoms. The standard InChI is InChI=1S/C22H21N3O3/c26-18-10-6-16(7-11-18)24-22(27)25-17-8-12-19(13-9-17)28-20-5-1-3-15-4-2-14-23-21(15)20/h1,3,5-13,23,26H,2,4,14H2,(H2,24,25,27). The number of urea groups is 1. The summed E-state index contributed by atoms with van der Waals surface area (Å²) in [7, 11) is 0. The molecule has 0 spiro atoms. The number of aromatic hydroxyl groups is 1. The number of aryl methyl sites for hydroxylation is 1. The van der Waals surface area contributed by atoms with Crippen molar-refractivity contribution in [3.63, 3.8) is 0 Å². The van der Waals surface area contributed by atoms with Crippen LogP contribution in [0, 0.1) is 0 Å². The third-order valence-corrected chi connectivity index (χ3v) is 4.50. The van der Waals surface area contributed by atoms with Crippen LogP contribution in [-0.4, -0.2) is 17.7 Å². The van der Waals surface area contributed by atoms with Crippen molar-refractivity contribution in [2.24, 2.45) is 0 Å². The molecule has 0 aliphatic carbocycles. The van der Waals surface area contributed by atoms with E-state index in [0.29, 0.717) is 17.1 Å². The van der Waals surface area contributed by atoms with Crippen LogP contribution in [0.2, 0.25) is 0 Å². The number of phenols is 1. The second kappa shape index (κ2) is 7.92. The summed E-state index contributed by atoms with van der Waals surface area (Å²) in [6.45, 7) is 0.951. The highest BCUT2D eigenvalue weighted by atomic mass is 16.5. The molecule has 1 heterocycles. The van der Waals surface area contributed by atoms with Crippen LogP contribution in [0.3, 0.4) is 0 Å². The number of benzene rings is 3. The van der Waals surface area contributed by atoms with E-state index >= 15 is 0 Å². The Bertz CT molecular complexity index is 969. The maximum atomic E-state index is 12.1. The van der Waals surface area contributed by atoms with Gasteiger partial charge in [-0.2, -0.15) is 0 Å². The SMILES string of the molecule is O=C(Nc1ccc(O)cc1)Nc1ccc(Oc2cccc3c2NCCC3)cc1. The summed E-state index contributed by atoms with van der Waals surface area (Å²) < 4.78 is 6.03. The molecule has 1 aliphatic heterocycles. The Kier molecular flexibility index (Phi) is 5.01. The van der Waals surface area contributed by atoms with Crippen molar-refractivity contribution in [1.29, 1.82) is 0 Å². The predicted molar refractivity (Wildman–Crippen MR) is 111 cm³/mol. The van der Waals surface area contributed by atoms with Crippen molar-refractivity contribution in [2.45, 2.75) is 12.8 Å². The number of para-hydroxylation sites is 1. The van der Waals surface area contributed by atoms with E-state index in [-0.39, 0.29) is 11.8 Å². The first-order valence-corrected chi connectivity index (χ1v) is 9.18. The van der Waals surface area contributed by atoms with Gasteiger partial charge in [0.05, 0.1) is 5.69 Å². The predicted octanol–water partition coefficient (Wildman–Crippen LogP) is 5.19. The van der Waals surface area contributed by atoms with E-state index in [9.17, 15) is 9.90 Å². The summed E-state index contributed by atoms with van der Waals surface area (Å²) in [4.78, 5) is 12.1. The number of carbonyl (C=O) groups is 1. The maximum Gasteiger partial charge on any atom is 0.323 e. The first-order valence-electron chi connectivity index (χ1n) is 9.18. The molecule has 0 bridgehead atoms. The third kappa shape index (κ3) is 4.17. The van der Waals surface area contributed by atoms with Crippen LogP contribution in [0.25, 0.3) is 0 Å². The zero-order valence-electron chi connectivity index (χ0n) is 15.2. The molecule has 0 saturated carbocycles. The van der Waals surface area contributed by atoms with Crippen molar-refractivity contribution in [1.82, 2.24) is 0 Å². The van der Waals surface area contributed by atoms with E-state index in [1.165, 1.54) is 17.7 Å². The van der Waals surface area contributed by atoms with Gasteiger partial charge >= 0.3 is 6.03 Å². The van der Waals surface area contributed by atoms with Gasteiger partial charge in [-0.3, -0.25) is 0 Å². The van der Waals surface area contributed by atoms with Gasteiger partial charge in [-0.05, 0) is 73.0 Å². The van der Waals surface area contributed by atoms with Crippen LogP contribution in [0.1, 0.15) is 12.0 Å². The fraction of sp³-hybridized carbons (Fsp3) is 0.136. The molecule has 3 aromatic rings. The Morgan fingerprint density at radius 1 is 0.929 bits per heavy atom. The highest BCUT2D eigenvalue weighted by Crippen LogP contribution is 2.35. The van der Waals surface area contributed by atoms with E-state index in [0.717, 1.165) is 30.8 Å². The smallest absolute Gasteiger partial charge is 0.323 e. The number of ether oxygens (including phenoxy) is 1. The average molecular weight is 375 g/mol. The summed E-state index contributed by atoms with van der Waals surface area (Å²) in [6.07, 6.45) is 2.18. The van der Waals surface area contributed by atoms with Gasteiger partial charge in [0.1, 0.15) is 11.5 Å². The molecule has 4 rings (SSSR count). The van der Waals surface area contributed by atoms with Gasteiger partial charge in [-0.15, -0.1) is 0 Å². The van der Waals surface area contributed by atoms with Gasteiger partial charge < -0.3 is 25.8 Å². The fourth-order valence-electron chi connectivity index (χ4n) is 3.13. The third-order valence-electron chi connectivity index (χ3n) is 4.50. The van der Waals surface area contributed by atoms with Crippen LogP contribution in [0.4, 0.5) is 21.9 Å². The number of amides is 2. The Morgan fingerprint density at radius 3 is 2.32 bits per heavy atom. The van der Waals surface area contributed by atoms with E-state index < -0.39 is 0 Å². The van der Waals surface area contributed by atoms with Gasteiger partial charge in [-0.25, -0.2) is 4.79 Å². The van der Waals surface area contributed by atoms with Gasteiger partial charge in [-0.1, -0.05) is 12.1 Å². The second-order valence-corrected chi connectivity index (χ2v) is 6.57. The van der Waals surface area contributed by atoms with Crippen LogP contribution in [-0.2, 0) is 6.42 Å². The lowest BCUT2D eigenvalue weighted by Crippen LogP contribution is -2.19. The van der Waals surface area contributed by atoms with E-state index in [4.69, 9.17) is 4.74 Å². The molecule has 0 radical (unpaired) electrons. The largest absolute Gasteiger partial charge is 0.508 e. The van der Waals surface area contributed by atoms with Crippen molar-refractivity contribution in [2.75, 3.05) is 22.5 Å². The molecule has 0 saturated heterocycles. The molecule has 6 heteroatoms. The van der Waals surface area contributed by atoms with E-state index in [1.54, 1.807) is 24.3 Å². The maximum absolute atomic E-state index is 12.1. The molecule has 0 aromatic heterocycles. The van der Waals surface area contributed by atoms with Crippen molar-refractivity contribution < 1.29 is 14.6 Å². The summed E-state index contributed by atoms with van der Waals surface area (Å²) in [5, 5.41) is 18.2. The number of hydrogen-bond donors (Lipinski definition) is 4.